The first-order valence-electron chi connectivity index (χ1n) is 21.6. The van der Waals surface area contributed by atoms with Gasteiger partial charge in [0, 0.05) is 29.1 Å². The molecule has 0 saturated heterocycles. The minimum absolute atomic E-state index is 0.682. The molecule has 63 heavy (non-hydrogen) atoms. The van der Waals surface area contributed by atoms with Gasteiger partial charge in [0.1, 0.15) is 0 Å². The van der Waals surface area contributed by atoms with E-state index in [0.29, 0.717) is 5.82 Å². The molecule has 2 heterocycles. The lowest BCUT2D eigenvalue weighted by atomic mass is 9.64. The predicted octanol–water partition coefficient (Wildman–Crippen LogP) is 14.9. The molecule has 1 unspecified atom stereocenters. The summed E-state index contributed by atoms with van der Waals surface area (Å²) in [5.41, 5.74) is 18.8. The molecule has 0 fully saturated rings. The molecule has 13 rings (SSSR count). The molecular weight excluding hydrogens is 763 g/mol. The largest absolute Gasteiger partial charge is 0.264 e. The average Bonchev–Trinajstić information content (AvgIpc) is 3.63. The van der Waals surface area contributed by atoms with Crippen molar-refractivity contribution in [3.63, 3.8) is 0 Å². The third-order valence-corrected chi connectivity index (χ3v) is 13.4. The van der Waals surface area contributed by atoms with Crippen molar-refractivity contribution in [1.29, 1.82) is 0 Å². The fraction of sp³-hybridized carbons (Fsp3) is 0.0167. The first-order chi connectivity index (χ1) is 31.3. The van der Waals surface area contributed by atoms with Gasteiger partial charge in [0.25, 0.3) is 0 Å². The van der Waals surface area contributed by atoms with E-state index in [2.05, 4.69) is 211 Å². The third kappa shape index (κ3) is 5.23. The number of hydrogen-bond acceptors (Lipinski definition) is 3. The summed E-state index contributed by atoms with van der Waals surface area (Å²) >= 11 is 0. The number of nitrogens with zero attached hydrogens (tertiary/aromatic N) is 3. The first kappa shape index (κ1) is 35.5. The van der Waals surface area contributed by atoms with Gasteiger partial charge in [-0.2, -0.15) is 0 Å². The molecule has 292 valence electrons. The van der Waals surface area contributed by atoms with E-state index in [1.165, 1.54) is 77.2 Å². The van der Waals surface area contributed by atoms with Crippen LogP contribution in [0.4, 0.5) is 0 Å². The molecule has 3 nitrogen and oxygen atoms in total. The van der Waals surface area contributed by atoms with Gasteiger partial charge in [-0.1, -0.05) is 194 Å². The zero-order valence-electron chi connectivity index (χ0n) is 34.2. The highest BCUT2D eigenvalue weighted by Gasteiger charge is 2.51. The van der Waals surface area contributed by atoms with Crippen LogP contribution >= 0.6 is 0 Å². The fourth-order valence-electron chi connectivity index (χ4n) is 10.8. The number of fused-ring (bicyclic) bond motifs is 17. The highest BCUT2D eigenvalue weighted by molar-refractivity contribution is 6.19. The smallest absolute Gasteiger partial charge is 0.160 e. The van der Waals surface area contributed by atoms with Crippen LogP contribution in [0, 0.1) is 0 Å². The highest BCUT2D eigenvalue weighted by Crippen LogP contribution is 2.64. The standard InChI is InChI=1S/C60H37N3/c1-2-15-39(16-3-1)55-36-56(40-30-28-38(29-31-40)42-17-14-34-61-37-42)63-59(62-55)41-32-33-48-44-19-5-4-18-43(44)47-22-10-12-26-52(47)60(54(48)35-41)53-27-13-11-25-51(53)57-49-23-8-6-20-45(49)46-21-7-9-24-50(46)58(57)60/h1-37H. The zero-order valence-corrected chi connectivity index (χ0v) is 34.2. The van der Waals surface area contributed by atoms with E-state index in [1.807, 2.05) is 18.5 Å². The fourth-order valence-corrected chi connectivity index (χ4v) is 10.8. The number of benzene rings is 9. The molecule has 0 saturated carbocycles. The summed E-state index contributed by atoms with van der Waals surface area (Å²) in [5, 5.41) is 5.06. The number of aromatic nitrogens is 3. The molecule has 0 aliphatic heterocycles. The Morgan fingerprint density at radius 3 is 1.52 bits per heavy atom. The van der Waals surface area contributed by atoms with Gasteiger partial charge in [-0.15, -0.1) is 0 Å². The predicted molar refractivity (Wildman–Crippen MR) is 258 cm³/mol. The van der Waals surface area contributed by atoms with Crippen LogP contribution in [0.5, 0.6) is 0 Å². The molecule has 0 radical (unpaired) electrons. The summed E-state index contributed by atoms with van der Waals surface area (Å²) in [6.07, 6.45) is 3.71. The van der Waals surface area contributed by atoms with Crippen LogP contribution in [-0.4, -0.2) is 15.0 Å². The van der Waals surface area contributed by atoms with Crippen LogP contribution in [0.1, 0.15) is 22.3 Å². The van der Waals surface area contributed by atoms with Crippen molar-refractivity contribution >= 4 is 21.5 Å². The van der Waals surface area contributed by atoms with Crippen molar-refractivity contribution in [3.8, 4) is 78.4 Å². The second-order valence-corrected chi connectivity index (χ2v) is 16.6. The van der Waals surface area contributed by atoms with Crippen LogP contribution in [0.2, 0.25) is 0 Å². The maximum Gasteiger partial charge on any atom is 0.160 e. The van der Waals surface area contributed by atoms with E-state index in [-0.39, 0.29) is 0 Å². The lowest BCUT2D eigenvalue weighted by Gasteiger charge is -2.36. The van der Waals surface area contributed by atoms with Gasteiger partial charge >= 0.3 is 0 Å². The molecule has 1 atom stereocenters. The Morgan fingerprint density at radius 2 is 0.825 bits per heavy atom. The van der Waals surface area contributed by atoms with Crippen molar-refractivity contribution < 1.29 is 0 Å². The number of rotatable bonds is 4. The van der Waals surface area contributed by atoms with Crippen molar-refractivity contribution in [1.82, 2.24) is 15.0 Å². The minimum atomic E-state index is -0.696. The van der Waals surface area contributed by atoms with Crippen LogP contribution < -0.4 is 0 Å². The van der Waals surface area contributed by atoms with E-state index < -0.39 is 5.41 Å². The molecule has 9 aromatic carbocycles. The quantitative estimate of drug-likeness (QED) is 0.166. The zero-order chi connectivity index (χ0) is 41.5. The van der Waals surface area contributed by atoms with Crippen LogP contribution in [0.15, 0.2) is 225 Å². The Hall–Kier alpha value is -8.27. The highest BCUT2D eigenvalue weighted by atomic mass is 14.9. The molecule has 0 N–H and O–H groups in total. The summed E-state index contributed by atoms with van der Waals surface area (Å²) in [4.78, 5) is 15.2. The van der Waals surface area contributed by atoms with E-state index in [9.17, 15) is 0 Å². The summed E-state index contributed by atoms with van der Waals surface area (Å²) in [7, 11) is 0. The second kappa shape index (κ2) is 13.9. The normalized spacial score (nSPS) is 14.4. The Bertz CT molecular complexity index is 3610. The summed E-state index contributed by atoms with van der Waals surface area (Å²) in [5.74, 6) is 0.682. The van der Waals surface area contributed by atoms with Crippen molar-refractivity contribution in [2.24, 2.45) is 0 Å². The molecule has 0 amide bonds. The van der Waals surface area contributed by atoms with Gasteiger partial charge in [0.15, 0.2) is 5.82 Å². The summed E-state index contributed by atoms with van der Waals surface area (Å²) in [6.45, 7) is 0. The van der Waals surface area contributed by atoms with Crippen molar-refractivity contribution in [2.45, 2.75) is 5.41 Å². The Balaban J connectivity index is 1.14. The minimum Gasteiger partial charge on any atom is -0.264 e. The second-order valence-electron chi connectivity index (χ2n) is 16.6. The molecule has 1 spiro atoms. The summed E-state index contributed by atoms with van der Waals surface area (Å²) < 4.78 is 0. The van der Waals surface area contributed by atoms with E-state index in [0.717, 1.165) is 39.2 Å². The van der Waals surface area contributed by atoms with Crippen LogP contribution in [0.3, 0.4) is 0 Å². The SMILES string of the molecule is c1ccc(-c2cc(-c3ccc(-c4cccnc4)cc3)nc(-c3ccc4c(c3)C3(c5ccccc5-c5ccccc5-4)c4ccccc4-c4c3c3ccccc3c3ccccc43)n2)cc1. The molecule has 2 aliphatic rings. The van der Waals surface area contributed by atoms with Gasteiger partial charge in [0.2, 0.25) is 0 Å². The maximum absolute atomic E-state index is 5.43. The lowest BCUT2D eigenvalue weighted by molar-refractivity contribution is 0.783. The number of hydrogen-bond donors (Lipinski definition) is 0. The van der Waals surface area contributed by atoms with E-state index in [1.54, 1.807) is 0 Å². The van der Waals surface area contributed by atoms with Gasteiger partial charge < -0.3 is 0 Å². The Labute approximate surface area is 365 Å². The molecule has 2 aliphatic carbocycles. The van der Waals surface area contributed by atoms with Gasteiger partial charge in [-0.3, -0.25) is 4.98 Å². The van der Waals surface area contributed by atoms with Gasteiger partial charge in [0.05, 0.1) is 16.8 Å². The average molecular weight is 800 g/mol. The molecule has 3 heteroatoms. The van der Waals surface area contributed by atoms with Crippen LogP contribution in [0.25, 0.3) is 100.0 Å². The monoisotopic (exact) mass is 799 g/mol. The maximum atomic E-state index is 5.43. The molecular formula is C60H37N3. The van der Waals surface area contributed by atoms with Gasteiger partial charge in [-0.05, 0) is 107 Å². The van der Waals surface area contributed by atoms with Crippen LogP contribution in [-0.2, 0) is 5.41 Å². The summed E-state index contributed by atoms with van der Waals surface area (Å²) in [6, 6.07) is 77.4. The molecule has 11 aromatic rings. The Kier molecular flexibility index (Phi) is 7.82. The topological polar surface area (TPSA) is 38.7 Å². The molecule has 0 bridgehead atoms. The Morgan fingerprint density at radius 1 is 0.317 bits per heavy atom. The third-order valence-electron chi connectivity index (χ3n) is 13.4. The number of pyridine rings is 1. The molecule has 2 aromatic heterocycles. The van der Waals surface area contributed by atoms with Gasteiger partial charge in [-0.25, -0.2) is 9.97 Å². The van der Waals surface area contributed by atoms with Crippen molar-refractivity contribution in [3.05, 3.63) is 247 Å². The van der Waals surface area contributed by atoms with E-state index in [4.69, 9.17) is 9.97 Å². The first-order valence-corrected chi connectivity index (χ1v) is 21.6. The lowest BCUT2D eigenvalue weighted by Crippen LogP contribution is -2.29. The van der Waals surface area contributed by atoms with Crippen molar-refractivity contribution in [2.75, 3.05) is 0 Å². The van der Waals surface area contributed by atoms with E-state index >= 15 is 0 Å².